The molecule has 1 aromatic heterocycles. The van der Waals surface area contributed by atoms with Gasteiger partial charge in [-0.15, -0.1) is 10.2 Å². The van der Waals surface area contributed by atoms with Crippen molar-refractivity contribution in [3.05, 3.63) is 119 Å². The van der Waals surface area contributed by atoms with Gasteiger partial charge in [-0.2, -0.15) is 0 Å². The zero-order valence-electron chi connectivity index (χ0n) is 19.6. The van der Waals surface area contributed by atoms with E-state index in [4.69, 9.17) is 4.42 Å². The Kier molecular flexibility index (Phi) is 6.39. The van der Waals surface area contributed by atoms with Crippen LogP contribution < -0.4 is 0 Å². The predicted octanol–water partition coefficient (Wildman–Crippen LogP) is 7.52. The first-order valence-electron chi connectivity index (χ1n) is 11.4. The molecule has 0 unspecified atom stereocenters. The lowest BCUT2D eigenvalue weighted by Crippen LogP contribution is -1.81. The Labute approximate surface area is 204 Å². The van der Waals surface area contributed by atoms with Crippen LogP contribution in [0.1, 0.15) is 22.3 Å². The van der Waals surface area contributed by atoms with Gasteiger partial charge in [0.15, 0.2) is 0 Å². The van der Waals surface area contributed by atoms with Crippen LogP contribution in [-0.2, 0) is 0 Å². The number of aromatic nitrogens is 2. The average Bonchev–Trinajstić information content (AvgIpc) is 3.39. The Hall–Kier alpha value is -4.64. The topological polar surface area (TPSA) is 63.6 Å². The summed E-state index contributed by atoms with van der Waals surface area (Å²) >= 11 is 0. The molecule has 5 aromatic rings. The Morgan fingerprint density at radius 2 is 0.886 bits per heavy atom. The molecule has 0 atom stereocenters. The largest absolute Gasteiger partial charge is 0.416 e. The van der Waals surface area contributed by atoms with Crippen LogP contribution >= 0.6 is 0 Å². The fraction of sp³-hybridized carbons (Fsp3) is 0.0667. The number of hydrogen-bond donors (Lipinski definition) is 0. The highest BCUT2D eigenvalue weighted by molar-refractivity contribution is 5.82. The van der Waals surface area contributed by atoms with E-state index < -0.39 is 0 Å². The number of hydrogen-bond acceptors (Lipinski definition) is 5. The molecule has 0 saturated carbocycles. The van der Waals surface area contributed by atoms with Crippen molar-refractivity contribution in [2.45, 2.75) is 13.8 Å². The van der Waals surface area contributed by atoms with Gasteiger partial charge in [-0.1, -0.05) is 59.7 Å². The molecule has 0 saturated heterocycles. The fourth-order valence-corrected chi connectivity index (χ4v) is 3.44. The van der Waals surface area contributed by atoms with Gasteiger partial charge < -0.3 is 4.42 Å². The molecule has 0 N–H and O–H groups in total. The van der Waals surface area contributed by atoms with Crippen molar-refractivity contribution in [1.29, 1.82) is 0 Å². The fourth-order valence-electron chi connectivity index (χ4n) is 3.44. The second kappa shape index (κ2) is 10.1. The van der Waals surface area contributed by atoms with Gasteiger partial charge in [0.1, 0.15) is 0 Å². The smallest absolute Gasteiger partial charge is 0.248 e. The molecular formula is C30H24N4O. The van der Waals surface area contributed by atoms with E-state index in [9.17, 15) is 0 Å². The summed E-state index contributed by atoms with van der Waals surface area (Å²) in [5, 5.41) is 8.43. The molecular weight excluding hydrogens is 432 g/mol. The average molecular weight is 457 g/mol. The van der Waals surface area contributed by atoms with E-state index >= 15 is 0 Å². The molecule has 5 rings (SSSR count). The van der Waals surface area contributed by atoms with Gasteiger partial charge in [0.25, 0.3) is 0 Å². The van der Waals surface area contributed by atoms with Crippen LogP contribution in [0, 0.1) is 13.8 Å². The molecule has 35 heavy (non-hydrogen) atoms. The molecule has 0 amide bonds. The lowest BCUT2D eigenvalue weighted by Gasteiger charge is -1.99. The van der Waals surface area contributed by atoms with Gasteiger partial charge in [0.2, 0.25) is 11.8 Å². The van der Waals surface area contributed by atoms with Crippen molar-refractivity contribution < 1.29 is 4.42 Å². The second-order valence-electron chi connectivity index (χ2n) is 8.34. The molecule has 0 radical (unpaired) electrons. The van der Waals surface area contributed by atoms with E-state index in [2.05, 4.69) is 82.6 Å². The highest BCUT2D eigenvalue weighted by Gasteiger charge is 2.10. The summed E-state index contributed by atoms with van der Waals surface area (Å²) in [5.41, 5.74) is 7.99. The summed E-state index contributed by atoms with van der Waals surface area (Å²) < 4.78 is 5.92. The van der Waals surface area contributed by atoms with E-state index in [1.165, 1.54) is 11.1 Å². The van der Waals surface area contributed by atoms with E-state index in [1.54, 1.807) is 0 Å². The van der Waals surface area contributed by atoms with Crippen molar-refractivity contribution in [2.75, 3.05) is 0 Å². The van der Waals surface area contributed by atoms with Gasteiger partial charge in [0.05, 0.1) is 11.4 Å². The molecule has 0 aliphatic carbocycles. The minimum atomic E-state index is 0.468. The number of benzene rings is 4. The van der Waals surface area contributed by atoms with E-state index in [1.807, 2.05) is 61.0 Å². The SMILES string of the molecule is Cc1ccc(C=Nc2ccc(-c3nnc(-c4ccc(N=Cc5ccc(C)cc5)cc4)o3)cc2)cc1. The van der Waals surface area contributed by atoms with Gasteiger partial charge in [-0.3, -0.25) is 9.98 Å². The van der Waals surface area contributed by atoms with Crippen LogP contribution in [0.2, 0.25) is 0 Å². The third kappa shape index (κ3) is 5.65. The number of nitrogens with zero attached hydrogens (tertiary/aromatic N) is 4. The normalized spacial score (nSPS) is 11.5. The third-order valence-corrected chi connectivity index (χ3v) is 5.53. The molecule has 5 heteroatoms. The molecule has 0 fully saturated rings. The lowest BCUT2D eigenvalue weighted by atomic mass is 10.1. The maximum absolute atomic E-state index is 5.92. The third-order valence-electron chi connectivity index (χ3n) is 5.53. The molecule has 170 valence electrons. The maximum atomic E-state index is 5.92. The summed E-state index contributed by atoms with van der Waals surface area (Å²) in [5.74, 6) is 0.936. The van der Waals surface area contributed by atoms with Crippen LogP contribution in [-0.4, -0.2) is 22.6 Å². The van der Waals surface area contributed by atoms with E-state index in [0.717, 1.165) is 33.6 Å². The Morgan fingerprint density at radius 3 is 1.26 bits per heavy atom. The highest BCUT2D eigenvalue weighted by Crippen LogP contribution is 2.27. The molecule has 0 spiro atoms. The zero-order valence-corrected chi connectivity index (χ0v) is 19.6. The molecule has 0 aliphatic heterocycles. The molecule has 1 heterocycles. The van der Waals surface area contributed by atoms with Crippen molar-refractivity contribution in [3.63, 3.8) is 0 Å². The molecule has 0 bridgehead atoms. The Bertz CT molecular complexity index is 1350. The van der Waals surface area contributed by atoms with E-state index in [-0.39, 0.29) is 0 Å². The number of aryl methyl sites for hydroxylation is 2. The molecule has 4 aromatic carbocycles. The van der Waals surface area contributed by atoms with Gasteiger partial charge >= 0.3 is 0 Å². The minimum absolute atomic E-state index is 0.468. The first-order chi connectivity index (χ1) is 17.1. The first-order valence-corrected chi connectivity index (χ1v) is 11.4. The summed E-state index contributed by atoms with van der Waals surface area (Å²) in [6, 6.07) is 32.0. The number of rotatable bonds is 6. The monoisotopic (exact) mass is 456 g/mol. The summed E-state index contributed by atoms with van der Waals surface area (Å²) in [6.45, 7) is 4.14. The number of aliphatic imine (C=N–C) groups is 2. The van der Waals surface area contributed by atoms with Crippen LogP contribution in [0.4, 0.5) is 11.4 Å². The maximum Gasteiger partial charge on any atom is 0.248 e. The Morgan fingerprint density at radius 1 is 0.514 bits per heavy atom. The molecule has 0 aliphatic rings. The minimum Gasteiger partial charge on any atom is -0.416 e. The second-order valence-corrected chi connectivity index (χ2v) is 8.34. The Balaban J connectivity index is 1.25. The van der Waals surface area contributed by atoms with Crippen LogP contribution in [0.5, 0.6) is 0 Å². The van der Waals surface area contributed by atoms with Crippen molar-refractivity contribution in [2.24, 2.45) is 9.98 Å². The van der Waals surface area contributed by atoms with Gasteiger partial charge in [-0.05, 0) is 73.5 Å². The van der Waals surface area contributed by atoms with E-state index in [0.29, 0.717) is 11.8 Å². The van der Waals surface area contributed by atoms with Crippen molar-refractivity contribution in [3.8, 4) is 22.9 Å². The van der Waals surface area contributed by atoms with Crippen molar-refractivity contribution in [1.82, 2.24) is 10.2 Å². The van der Waals surface area contributed by atoms with Gasteiger partial charge in [-0.25, -0.2) is 0 Å². The summed E-state index contributed by atoms with van der Waals surface area (Å²) in [7, 11) is 0. The predicted molar refractivity (Wildman–Crippen MR) is 142 cm³/mol. The highest BCUT2D eigenvalue weighted by atomic mass is 16.4. The molecule has 5 nitrogen and oxygen atoms in total. The van der Waals surface area contributed by atoms with Crippen LogP contribution in [0.15, 0.2) is 111 Å². The zero-order chi connectivity index (χ0) is 24.0. The first kappa shape index (κ1) is 22.2. The summed E-state index contributed by atoms with van der Waals surface area (Å²) in [6.07, 6.45) is 3.71. The lowest BCUT2D eigenvalue weighted by molar-refractivity contribution is 0.584. The standard InChI is InChI=1S/C30H24N4O/c1-21-3-7-23(8-4-21)19-31-27-15-11-25(12-16-27)29-33-34-30(35-29)26-13-17-28(18-14-26)32-20-24-9-5-22(2)6-10-24/h3-20H,1-2H3. The summed E-state index contributed by atoms with van der Waals surface area (Å²) in [4.78, 5) is 9.07. The van der Waals surface area contributed by atoms with Crippen LogP contribution in [0.3, 0.4) is 0 Å². The van der Waals surface area contributed by atoms with Crippen molar-refractivity contribution >= 4 is 23.8 Å². The van der Waals surface area contributed by atoms with Crippen LogP contribution in [0.25, 0.3) is 22.9 Å². The van der Waals surface area contributed by atoms with Gasteiger partial charge in [0, 0.05) is 23.6 Å². The quantitative estimate of drug-likeness (QED) is 0.248.